The van der Waals surface area contributed by atoms with Crippen molar-refractivity contribution < 1.29 is 22.3 Å². The zero-order valence-electron chi connectivity index (χ0n) is 6.07. The van der Waals surface area contributed by atoms with E-state index in [9.17, 15) is 17.6 Å². The molecule has 0 amide bonds. The van der Waals surface area contributed by atoms with Crippen LogP contribution in [0.4, 0.5) is 17.6 Å². The maximum absolute atomic E-state index is 12.5. The van der Waals surface area contributed by atoms with Crippen LogP contribution < -0.4 is 0 Å². The van der Waals surface area contributed by atoms with Gasteiger partial charge in [-0.1, -0.05) is 0 Å². The fraction of sp³-hybridized carbons (Fsp3) is 1.00. The molecule has 2 atom stereocenters. The maximum atomic E-state index is 12.5. The van der Waals surface area contributed by atoms with E-state index in [-0.39, 0.29) is 0 Å². The summed E-state index contributed by atoms with van der Waals surface area (Å²) in [6.07, 6.45) is -3.40. The molecule has 0 aromatic rings. The van der Waals surface area contributed by atoms with E-state index in [0.29, 0.717) is 0 Å². The molecule has 11 heavy (non-hydrogen) atoms. The first-order valence-electron chi connectivity index (χ1n) is 3.21. The largest absolute Gasteiger partial charge is 0.363 e. The molecular weight excluding hydrogens is 164 g/mol. The second-order valence-electron chi connectivity index (χ2n) is 2.67. The van der Waals surface area contributed by atoms with Crippen molar-refractivity contribution in [3.05, 3.63) is 0 Å². The van der Waals surface area contributed by atoms with Gasteiger partial charge >= 0.3 is 11.8 Å². The van der Waals surface area contributed by atoms with Gasteiger partial charge in [-0.2, -0.15) is 17.6 Å². The normalized spacial score (nSPS) is 40.9. The summed E-state index contributed by atoms with van der Waals surface area (Å²) in [4.78, 5) is 0. The second kappa shape index (κ2) is 2.09. The Balaban J connectivity index is 2.95. The molecule has 0 aliphatic carbocycles. The molecule has 0 spiro atoms. The van der Waals surface area contributed by atoms with E-state index >= 15 is 0 Å². The van der Waals surface area contributed by atoms with Crippen molar-refractivity contribution in [2.75, 3.05) is 0 Å². The van der Waals surface area contributed by atoms with Crippen molar-refractivity contribution in [2.24, 2.45) is 0 Å². The highest BCUT2D eigenvalue weighted by Gasteiger charge is 2.69. The van der Waals surface area contributed by atoms with E-state index in [4.69, 9.17) is 0 Å². The molecule has 0 aromatic carbocycles. The minimum atomic E-state index is -4.04. The number of ether oxygens (including phenoxy) is 1. The summed E-state index contributed by atoms with van der Waals surface area (Å²) in [7, 11) is 0. The van der Waals surface area contributed by atoms with E-state index in [1.807, 2.05) is 0 Å². The van der Waals surface area contributed by atoms with E-state index < -0.39 is 24.1 Å². The molecule has 5 heteroatoms. The predicted octanol–water partition coefficient (Wildman–Crippen LogP) is 2.06. The van der Waals surface area contributed by atoms with Crippen molar-refractivity contribution >= 4 is 0 Å². The molecule has 0 radical (unpaired) electrons. The van der Waals surface area contributed by atoms with Crippen molar-refractivity contribution in [1.82, 2.24) is 0 Å². The summed E-state index contributed by atoms with van der Waals surface area (Å²) in [5.41, 5.74) is 0. The summed E-state index contributed by atoms with van der Waals surface area (Å²) in [6.45, 7) is 1.88. The summed E-state index contributed by atoms with van der Waals surface area (Å²) < 4.78 is 54.3. The third-order valence-electron chi connectivity index (χ3n) is 1.87. The third-order valence-corrected chi connectivity index (χ3v) is 1.87. The SMILES string of the molecule is CC1OC(C)C(F)(F)C1(F)F. The average molecular weight is 172 g/mol. The summed E-state index contributed by atoms with van der Waals surface area (Å²) in [6, 6.07) is 0. The molecule has 0 aromatic heterocycles. The van der Waals surface area contributed by atoms with E-state index in [0.717, 1.165) is 13.8 Å². The number of rotatable bonds is 0. The van der Waals surface area contributed by atoms with Gasteiger partial charge in [0.2, 0.25) is 0 Å². The molecule has 1 heterocycles. The highest BCUT2D eigenvalue weighted by Crippen LogP contribution is 2.47. The lowest BCUT2D eigenvalue weighted by molar-refractivity contribution is -0.194. The average Bonchev–Trinajstić information content (AvgIpc) is 1.95. The molecule has 0 bridgehead atoms. The Hall–Kier alpha value is -0.320. The molecule has 1 aliphatic rings. The molecule has 1 saturated heterocycles. The van der Waals surface area contributed by atoms with E-state index in [1.54, 1.807) is 0 Å². The minimum Gasteiger partial charge on any atom is -0.363 e. The fourth-order valence-electron chi connectivity index (χ4n) is 1.02. The van der Waals surface area contributed by atoms with Crippen LogP contribution in [0.3, 0.4) is 0 Å². The zero-order chi connectivity index (χ0) is 8.86. The molecule has 2 unspecified atom stereocenters. The smallest absolute Gasteiger partial charge is 0.338 e. The highest BCUT2D eigenvalue weighted by molar-refractivity contribution is 4.99. The van der Waals surface area contributed by atoms with Gasteiger partial charge in [-0.05, 0) is 13.8 Å². The van der Waals surface area contributed by atoms with Crippen molar-refractivity contribution in [1.29, 1.82) is 0 Å². The predicted molar refractivity (Wildman–Crippen MR) is 29.9 cm³/mol. The molecule has 1 aliphatic heterocycles. The van der Waals surface area contributed by atoms with Crippen LogP contribution in [-0.4, -0.2) is 24.1 Å². The number of hydrogen-bond donors (Lipinski definition) is 0. The Morgan fingerprint density at radius 3 is 1.27 bits per heavy atom. The summed E-state index contributed by atoms with van der Waals surface area (Å²) in [5.74, 6) is -8.07. The number of hydrogen-bond acceptors (Lipinski definition) is 1. The Kier molecular flexibility index (Phi) is 1.67. The number of halogens is 4. The Morgan fingerprint density at radius 1 is 0.909 bits per heavy atom. The summed E-state index contributed by atoms with van der Waals surface area (Å²) >= 11 is 0. The molecule has 1 nitrogen and oxygen atoms in total. The molecule has 0 saturated carbocycles. The van der Waals surface area contributed by atoms with Crippen molar-refractivity contribution in [3.63, 3.8) is 0 Å². The van der Waals surface area contributed by atoms with E-state index in [1.165, 1.54) is 0 Å². The molecule has 1 rings (SSSR count). The lowest BCUT2D eigenvalue weighted by Gasteiger charge is -2.20. The molecule has 1 fully saturated rings. The van der Waals surface area contributed by atoms with Crippen LogP contribution in [-0.2, 0) is 4.74 Å². The van der Waals surface area contributed by atoms with Crippen molar-refractivity contribution in [2.45, 2.75) is 37.9 Å². The quantitative estimate of drug-likeness (QED) is 0.508. The van der Waals surface area contributed by atoms with Crippen LogP contribution in [0, 0.1) is 0 Å². The standard InChI is InChI=1S/C6H8F4O/c1-3-5(7,8)6(9,10)4(2)11-3/h3-4H,1-2H3. The zero-order valence-corrected chi connectivity index (χ0v) is 6.07. The van der Waals surface area contributed by atoms with Gasteiger partial charge in [-0.15, -0.1) is 0 Å². The monoisotopic (exact) mass is 172 g/mol. The lowest BCUT2D eigenvalue weighted by atomic mass is 10.1. The first-order valence-corrected chi connectivity index (χ1v) is 3.21. The maximum Gasteiger partial charge on any atom is 0.338 e. The van der Waals surface area contributed by atoms with Gasteiger partial charge in [0.25, 0.3) is 0 Å². The van der Waals surface area contributed by atoms with Crippen molar-refractivity contribution in [3.8, 4) is 0 Å². The van der Waals surface area contributed by atoms with Crippen LogP contribution in [0.2, 0.25) is 0 Å². The van der Waals surface area contributed by atoms with Gasteiger partial charge in [0, 0.05) is 0 Å². The van der Waals surface area contributed by atoms with Crippen LogP contribution in [0.15, 0.2) is 0 Å². The van der Waals surface area contributed by atoms with Crippen LogP contribution in [0.25, 0.3) is 0 Å². The third kappa shape index (κ3) is 0.937. The number of alkyl halides is 4. The lowest BCUT2D eigenvalue weighted by Crippen LogP contribution is -2.44. The fourth-order valence-corrected chi connectivity index (χ4v) is 1.02. The minimum absolute atomic E-state index is 0.942. The molecule has 66 valence electrons. The van der Waals surface area contributed by atoms with Gasteiger partial charge in [0.05, 0.1) is 0 Å². The second-order valence-corrected chi connectivity index (χ2v) is 2.67. The Labute approximate surface area is 61.3 Å². The Bertz CT molecular complexity index is 150. The van der Waals surface area contributed by atoms with Gasteiger partial charge in [-0.3, -0.25) is 0 Å². The Morgan fingerprint density at radius 2 is 1.18 bits per heavy atom. The van der Waals surface area contributed by atoms with Crippen LogP contribution in [0.1, 0.15) is 13.8 Å². The van der Waals surface area contributed by atoms with Gasteiger partial charge in [0.1, 0.15) is 12.2 Å². The first kappa shape index (κ1) is 8.77. The van der Waals surface area contributed by atoms with Gasteiger partial charge < -0.3 is 4.74 Å². The topological polar surface area (TPSA) is 9.23 Å². The first-order chi connectivity index (χ1) is 4.80. The molecule has 0 N–H and O–H groups in total. The van der Waals surface area contributed by atoms with Gasteiger partial charge in [0.15, 0.2) is 0 Å². The van der Waals surface area contributed by atoms with Crippen LogP contribution in [0.5, 0.6) is 0 Å². The highest BCUT2D eigenvalue weighted by atomic mass is 19.3. The van der Waals surface area contributed by atoms with E-state index in [2.05, 4.69) is 4.74 Å². The van der Waals surface area contributed by atoms with Crippen LogP contribution >= 0.6 is 0 Å². The summed E-state index contributed by atoms with van der Waals surface area (Å²) in [5, 5.41) is 0. The molecular formula is C6H8F4O. The van der Waals surface area contributed by atoms with Gasteiger partial charge in [-0.25, -0.2) is 0 Å².